The molecule has 1 aliphatic rings. The number of benzene rings is 1. The molecule has 2 N–H and O–H groups in total. The molecule has 0 atom stereocenters. The van der Waals surface area contributed by atoms with Crippen molar-refractivity contribution in [3.8, 4) is 0 Å². The predicted octanol–water partition coefficient (Wildman–Crippen LogP) is 1.24. The van der Waals surface area contributed by atoms with Crippen LogP contribution >= 0.6 is 0 Å². The van der Waals surface area contributed by atoms with Gasteiger partial charge in [0.1, 0.15) is 0 Å². The maximum absolute atomic E-state index is 5.44. The summed E-state index contributed by atoms with van der Waals surface area (Å²) in [5, 5.41) is 6.64. The van der Waals surface area contributed by atoms with E-state index in [0.29, 0.717) is 13.2 Å². The average molecular weight is 364 g/mol. The molecule has 0 aromatic heterocycles. The Kier molecular flexibility index (Phi) is 9.86. The van der Waals surface area contributed by atoms with Gasteiger partial charge in [0.25, 0.3) is 0 Å². The number of anilines is 1. The van der Waals surface area contributed by atoms with Crippen molar-refractivity contribution in [2.45, 2.75) is 13.0 Å². The lowest BCUT2D eigenvalue weighted by atomic mass is 10.2. The zero-order chi connectivity index (χ0) is 18.5. The minimum Gasteiger partial charge on any atom is -0.382 e. The molecule has 0 bridgehead atoms. The third kappa shape index (κ3) is 7.59. The fourth-order valence-corrected chi connectivity index (χ4v) is 2.68. The van der Waals surface area contributed by atoms with Crippen LogP contribution in [0.1, 0.15) is 12.0 Å². The van der Waals surface area contributed by atoms with Crippen molar-refractivity contribution in [1.29, 1.82) is 0 Å². The summed E-state index contributed by atoms with van der Waals surface area (Å²) in [4.78, 5) is 6.61. The molecule has 7 nitrogen and oxygen atoms in total. The van der Waals surface area contributed by atoms with Gasteiger partial charge in [0.05, 0.1) is 26.4 Å². The number of guanidine groups is 1. The SMILES string of the molecule is CN=C(NCCCOCCOC)NCc1ccc(N2CCOCC2)cc1. The van der Waals surface area contributed by atoms with Crippen LogP contribution in [0.2, 0.25) is 0 Å². The van der Waals surface area contributed by atoms with E-state index in [4.69, 9.17) is 14.2 Å². The molecule has 2 rings (SSSR count). The van der Waals surface area contributed by atoms with Gasteiger partial charge in [-0.25, -0.2) is 0 Å². The van der Waals surface area contributed by atoms with E-state index in [2.05, 4.69) is 44.8 Å². The normalized spacial score (nSPS) is 15.2. The molecular formula is C19H32N4O3. The lowest BCUT2D eigenvalue weighted by Gasteiger charge is -2.28. The highest BCUT2D eigenvalue weighted by Gasteiger charge is 2.10. The number of morpholine rings is 1. The molecule has 26 heavy (non-hydrogen) atoms. The lowest BCUT2D eigenvalue weighted by molar-refractivity contribution is 0.0698. The Labute approximate surface area is 156 Å². The third-order valence-electron chi connectivity index (χ3n) is 4.19. The number of nitrogens with zero attached hydrogens (tertiary/aromatic N) is 2. The van der Waals surface area contributed by atoms with Gasteiger partial charge in [0, 0.05) is 52.6 Å². The van der Waals surface area contributed by atoms with Gasteiger partial charge in [-0.05, 0) is 24.1 Å². The second-order valence-electron chi connectivity index (χ2n) is 6.08. The Morgan fingerprint density at radius 1 is 1.12 bits per heavy atom. The van der Waals surface area contributed by atoms with Gasteiger partial charge in [0.15, 0.2) is 5.96 Å². The van der Waals surface area contributed by atoms with Gasteiger partial charge in [-0.15, -0.1) is 0 Å². The van der Waals surface area contributed by atoms with Crippen molar-refractivity contribution in [1.82, 2.24) is 10.6 Å². The van der Waals surface area contributed by atoms with Crippen LogP contribution in [-0.4, -0.2) is 72.8 Å². The quantitative estimate of drug-likeness (QED) is 0.370. The second kappa shape index (κ2) is 12.5. The Morgan fingerprint density at radius 3 is 2.58 bits per heavy atom. The molecule has 0 unspecified atom stereocenters. The maximum atomic E-state index is 5.44. The van der Waals surface area contributed by atoms with Crippen LogP contribution in [-0.2, 0) is 20.8 Å². The van der Waals surface area contributed by atoms with Gasteiger partial charge < -0.3 is 29.7 Å². The summed E-state index contributed by atoms with van der Waals surface area (Å²) < 4.78 is 15.8. The van der Waals surface area contributed by atoms with E-state index in [-0.39, 0.29) is 0 Å². The Morgan fingerprint density at radius 2 is 1.88 bits per heavy atom. The standard InChI is InChI=1S/C19H32N4O3/c1-20-19(21-8-3-11-25-15-14-24-2)22-16-17-4-6-18(7-5-17)23-9-12-26-13-10-23/h4-7H,3,8-16H2,1-2H3,(H2,20,21,22). The smallest absolute Gasteiger partial charge is 0.191 e. The first-order chi connectivity index (χ1) is 12.8. The maximum Gasteiger partial charge on any atom is 0.191 e. The number of hydrogen-bond acceptors (Lipinski definition) is 5. The van der Waals surface area contributed by atoms with Crippen LogP contribution < -0.4 is 15.5 Å². The molecular weight excluding hydrogens is 332 g/mol. The van der Waals surface area contributed by atoms with Gasteiger partial charge >= 0.3 is 0 Å². The van der Waals surface area contributed by atoms with E-state index in [9.17, 15) is 0 Å². The highest BCUT2D eigenvalue weighted by molar-refractivity contribution is 5.79. The Balaban J connectivity index is 1.64. The molecule has 0 spiro atoms. The van der Waals surface area contributed by atoms with Crippen molar-refractivity contribution >= 4 is 11.6 Å². The molecule has 0 amide bonds. The van der Waals surface area contributed by atoms with Crippen molar-refractivity contribution in [3.05, 3.63) is 29.8 Å². The highest BCUT2D eigenvalue weighted by atomic mass is 16.5. The fraction of sp³-hybridized carbons (Fsp3) is 0.632. The summed E-state index contributed by atoms with van der Waals surface area (Å²) in [6.45, 7) is 7.11. The molecule has 7 heteroatoms. The first-order valence-corrected chi connectivity index (χ1v) is 9.26. The van der Waals surface area contributed by atoms with Crippen molar-refractivity contribution in [2.24, 2.45) is 4.99 Å². The Hall–Kier alpha value is -1.83. The molecule has 1 fully saturated rings. The van der Waals surface area contributed by atoms with Crippen LogP contribution in [0, 0.1) is 0 Å². The zero-order valence-electron chi connectivity index (χ0n) is 16.0. The van der Waals surface area contributed by atoms with Gasteiger partial charge in [0.2, 0.25) is 0 Å². The first-order valence-electron chi connectivity index (χ1n) is 9.26. The fourth-order valence-electron chi connectivity index (χ4n) is 2.68. The predicted molar refractivity (Wildman–Crippen MR) is 105 cm³/mol. The highest BCUT2D eigenvalue weighted by Crippen LogP contribution is 2.16. The largest absolute Gasteiger partial charge is 0.382 e. The van der Waals surface area contributed by atoms with Crippen molar-refractivity contribution in [2.75, 3.05) is 71.7 Å². The third-order valence-corrected chi connectivity index (χ3v) is 4.19. The van der Waals surface area contributed by atoms with Crippen LogP contribution in [0.4, 0.5) is 5.69 Å². The van der Waals surface area contributed by atoms with Crippen molar-refractivity contribution in [3.63, 3.8) is 0 Å². The summed E-state index contributed by atoms with van der Waals surface area (Å²) in [7, 11) is 3.46. The average Bonchev–Trinajstić information content (AvgIpc) is 2.70. The number of hydrogen-bond donors (Lipinski definition) is 2. The first kappa shape index (κ1) is 20.5. The molecule has 0 aliphatic carbocycles. The number of ether oxygens (including phenoxy) is 3. The number of nitrogens with one attached hydrogen (secondary N) is 2. The molecule has 1 saturated heterocycles. The summed E-state index contributed by atoms with van der Waals surface area (Å²) in [5.41, 5.74) is 2.49. The minimum absolute atomic E-state index is 0.640. The molecule has 1 aromatic rings. The van der Waals surface area contributed by atoms with Crippen LogP contribution in [0.5, 0.6) is 0 Å². The number of methoxy groups -OCH3 is 1. The van der Waals surface area contributed by atoms with Gasteiger partial charge in [-0.2, -0.15) is 0 Å². The lowest BCUT2D eigenvalue weighted by Crippen LogP contribution is -2.37. The summed E-state index contributed by atoms with van der Waals surface area (Å²) >= 11 is 0. The van der Waals surface area contributed by atoms with E-state index in [1.165, 1.54) is 11.3 Å². The van der Waals surface area contributed by atoms with Gasteiger partial charge in [-0.3, -0.25) is 4.99 Å². The number of rotatable bonds is 10. The summed E-state index contributed by atoms with van der Waals surface area (Å²) in [6, 6.07) is 8.68. The van der Waals surface area contributed by atoms with E-state index in [1.807, 2.05) is 0 Å². The van der Waals surface area contributed by atoms with Crippen LogP contribution in [0.25, 0.3) is 0 Å². The molecule has 146 valence electrons. The topological polar surface area (TPSA) is 67.4 Å². The molecule has 0 radical (unpaired) electrons. The summed E-state index contributed by atoms with van der Waals surface area (Å²) in [6.07, 6.45) is 0.929. The zero-order valence-corrected chi connectivity index (χ0v) is 16.0. The number of aliphatic imine (C=N–C) groups is 1. The van der Waals surface area contributed by atoms with Crippen LogP contribution in [0.3, 0.4) is 0 Å². The summed E-state index contributed by atoms with van der Waals surface area (Å²) in [5.74, 6) is 0.805. The minimum atomic E-state index is 0.640. The van der Waals surface area contributed by atoms with Crippen molar-refractivity contribution < 1.29 is 14.2 Å². The van der Waals surface area contributed by atoms with E-state index in [1.54, 1.807) is 14.2 Å². The van der Waals surface area contributed by atoms with E-state index in [0.717, 1.165) is 58.4 Å². The van der Waals surface area contributed by atoms with E-state index >= 15 is 0 Å². The Bertz CT molecular complexity index is 516. The van der Waals surface area contributed by atoms with E-state index < -0.39 is 0 Å². The second-order valence-corrected chi connectivity index (χ2v) is 6.08. The molecule has 1 aliphatic heterocycles. The van der Waals surface area contributed by atoms with Gasteiger partial charge in [-0.1, -0.05) is 12.1 Å². The molecule has 1 aromatic carbocycles. The monoisotopic (exact) mass is 364 g/mol. The van der Waals surface area contributed by atoms with Crippen LogP contribution in [0.15, 0.2) is 29.3 Å². The molecule has 0 saturated carbocycles. The molecule has 1 heterocycles.